The summed E-state index contributed by atoms with van der Waals surface area (Å²) in [6.45, 7) is 0. The molecule has 1 N–H and O–H groups in total. The van der Waals surface area contributed by atoms with Gasteiger partial charge in [-0.25, -0.2) is 0 Å². The molecule has 1 amide bonds. The van der Waals surface area contributed by atoms with Crippen molar-refractivity contribution in [3.8, 4) is 0 Å². The lowest BCUT2D eigenvalue weighted by Gasteiger charge is -2.08. The van der Waals surface area contributed by atoms with Gasteiger partial charge < -0.3 is 5.32 Å². The first-order chi connectivity index (χ1) is 11.5. The van der Waals surface area contributed by atoms with E-state index in [1.807, 2.05) is 0 Å². The highest BCUT2D eigenvalue weighted by Gasteiger charge is 2.12. The van der Waals surface area contributed by atoms with E-state index in [-0.39, 0.29) is 21.8 Å². The SMILES string of the molecule is O=C(/C=C/c1ccccc1[N+](=O)[O-])Nc1ccccc1SC(F)F. The number of rotatable bonds is 6. The van der Waals surface area contributed by atoms with E-state index in [1.54, 1.807) is 18.2 Å². The number of nitrogens with zero attached hydrogens (tertiary/aromatic N) is 1. The molecular formula is C16H12F2N2O3S. The Morgan fingerprint density at radius 1 is 1.17 bits per heavy atom. The van der Waals surface area contributed by atoms with Crippen molar-refractivity contribution in [2.75, 3.05) is 5.32 Å². The van der Waals surface area contributed by atoms with Crippen LogP contribution < -0.4 is 5.32 Å². The molecule has 0 aliphatic rings. The maximum absolute atomic E-state index is 12.5. The van der Waals surface area contributed by atoms with Crippen LogP contribution in [0.3, 0.4) is 0 Å². The Morgan fingerprint density at radius 2 is 1.83 bits per heavy atom. The Hall–Kier alpha value is -2.74. The number of thioether (sulfide) groups is 1. The molecule has 0 saturated carbocycles. The highest BCUT2D eigenvalue weighted by Crippen LogP contribution is 2.31. The predicted molar refractivity (Wildman–Crippen MR) is 89.1 cm³/mol. The molecule has 5 nitrogen and oxygen atoms in total. The van der Waals surface area contributed by atoms with Crippen LogP contribution in [0.2, 0.25) is 0 Å². The Labute approximate surface area is 140 Å². The van der Waals surface area contributed by atoms with Crippen LogP contribution in [0.15, 0.2) is 59.5 Å². The zero-order valence-corrected chi connectivity index (χ0v) is 13.0. The van der Waals surface area contributed by atoms with Gasteiger partial charge in [0.05, 0.1) is 16.2 Å². The van der Waals surface area contributed by atoms with Gasteiger partial charge in [0.1, 0.15) is 0 Å². The second-order valence-corrected chi connectivity index (χ2v) is 5.55. The Bertz CT molecular complexity index is 781. The number of para-hydroxylation sites is 2. The standard InChI is InChI=1S/C16H12F2N2O3S/c17-16(18)24-14-8-4-2-6-12(14)19-15(21)10-9-11-5-1-3-7-13(11)20(22)23/h1-10,16H,(H,19,21)/b10-9+. The molecule has 124 valence electrons. The van der Waals surface area contributed by atoms with Crippen LogP contribution in [0.1, 0.15) is 5.56 Å². The molecule has 0 saturated heterocycles. The largest absolute Gasteiger partial charge is 0.321 e. The van der Waals surface area contributed by atoms with Crippen LogP contribution in [0.25, 0.3) is 6.08 Å². The van der Waals surface area contributed by atoms with Gasteiger partial charge in [-0.05, 0) is 24.3 Å². The second-order valence-electron chi connectivity index (χ2n) is 4.51. The molecular weight excluding hydrogens is 338 g/mol. The number of hydrogen-bond donors (Lipinski definition) is 1. The van der Waals surface area contributed by atoms with Gasteiger partial charge in [0, 0.05) is 17.0 Å². The van der Waals surface area contributed by atoms with Gasteiger partial charge in [-0.15, -0.1) is 0 Å². The number of alkyl halides is 2. The number of anilines is 1. The van der Waals surface area contributed by atoms with Crippen molar-refractivity contribution in [1.29, 1.82) is 0 Å². The maximum Gasteiger partial charge on any atom is 0.288 e. The van der Waals surface area contributed by atoms with E-state index in [0.29, 0.717) is 11.8 Å². The van der Waals surface area contributed by atoms with Crippen molar-refractivity contribution in [3.05, 3.63) is 70.3 Å². The lowest BCUT2D eigenvalue weighted by atomic mass is 10.1. The normalized spacial score (nSPS) is 11.0. The van der Waals surface area contributed by atoms with E-state index in [0.717, 1.165) is 6.08 Å². The summed E-state index contributed by atoms with van der Waals surface area (Å²) in [5.41, 5.74) is 0.392. The van der Waals surface area contributed by atoms with Crippen molar-refractivity contribution < 1.29 is 18.5 Å². The third-order valence-corrected chi connectivity index (χ3v) is 3.70. The molecule has 0 bridgehead atoms. The summed E-state index contributed by atoms with van der Waals surface area (Å²) in [6.07, 6.45) is 2.42. The Balaban J connectivity index is 2.13. The second kappa shape index (κ2) is 8.21. The number of hydrogen-bond acceptors (Lipinski definition) is 4. The number of nitrogens with one attached hydrogen (secondary N) is 1. The van der Waals surface area contributed by atoms with Crippen molar-refractivity contribution in [3.63, 3.8) is 0 Å². The smallest absolute Gasteiger partial charge is 0.288 e. The van der Waals surface area contributed by atoms with Crippen LogP contribution in [0.4, 0.5) is 20.2 Å². The number of amides is 1. The zero-order valence-electron chi connectivity index (χ0n) is 12.2. The highest BCUT2D eigenvalue weighted by atomic mass is 32.2. The van der Waals surface area contributed by atoms with Gasteiger partial charge in [-0.1, -0.05) is 36.0 Å². The molecule has 0 radical (unpaired) electrons. The predicted octanol–water partition coefficient (Wildman–Crippen LogP) is 4.56. The summed E-state index contributed by atoms with van der Waals surface area (Å²) >= 11 is 0.326. The van der Waals surface area contributed by atoms with Gasteiger partial charge in [0.25, 0.3) is 11.4 Å². The molecule has 0 atom stereocenters. The van der Waals surface area contributed by atoms with E-state index in [4.69, 9.17) is 0 Å². The third-order valence-electron chi connectivity index (χ3n) is 2.91. The van der Waals surface area contributed by atoms with Gasteiger partial charge in [0.2, 0.25) is 5.91 Å². The summed E-state index contributed by atoms with van der Waals surface area (Å²) in [7, 11) is 0. The van der Waals surface area contributed by atoms with E-state index < -0.39 is 16.6 Å². The Morgan fingerprint density at radius 3 is 2.54 bits per heavy atom. The first kappa shape index (κ1) is 17.6. The molecule has 0 aromatic heterocycles. The lowest BCUT2D eigenvalue weighted by Crippen LogP contribution is -2.08. The monoisotopic (exact) mass is 350 g/mol. The molecule has 8 heteroatoms. The molecule has 0 aliphatic carbocycles. The van der Waals surface area contributed by atoms with Crippen molar-refractivity contribution in [1.82, 2.24) is 0 Å². The van der Waals surface area contributed by atoms with Crippen LogP contribution in [-0.2, 0) is 4.79 Å². The average Bonchev–Trinajstić information content (AvgIpc) is 2.54. The van der Waals surface area contributed by atoms with Crippen molar-refractivity contribution in [2.24, 2.45) is 0 Å². The molecule has 0 heterocycles. The van der Waals surface area contributed by atoms with Crippen LogP contribution >= 0.6 is 11.8 Å². The van der Waals surface area contributed by atoms with Crippen molar-refractivity contribution in [2.45, 2.75) is 10.7 Å². The molecule has 0 aliphatic heterocycles. The highest BCUT2D eigenvalue weighted by molar-refractivity contribution is 7.99. The number of nitro benzene ring substituents is 1. The number of carbonyl (C=O) groups is 1. The third kappa shape index (κ3) is 4.88. The molecule has 2 aromatic carbocycles. The molecule has 2 aromatic rings. The number of benzene rings is 2. The summed E-state index contributed by atoms with van der Waals surface area (Å²) in [4.78, 5) is 22.5. The number of nitro groups is 1. The minimum absolute atomic E-state index is 0.129. The fraction of sp³-hybridized carbons (Fsp3) is 0.0625. The summed E-state index contributed by atoms with van der Waals surface area (Å²) in [6, 6.07) is 12.1. The van der Waals surface area contributed by atoms with Crippen LogP contribution in [-0.4, -0.2) is 16.6 Å². The molecule has 0 spiro atoms. The van der Waals surface area contributed by atoms with Crippen LogP contribution in [0.5, 0.6) is 0 Å². The molecule has 0 fully saturated rings. The van der Waals surface area contributed by atoms with Gasteiger partial charge >= 0.3 is 0 Å². The van der Waals surface area contributed by atoms with E-state index in [9.17, 15) is 23.7 Å². The molecule has 2 rings (SSSR count). The zero-order chi connectivity index (χ0) is 17.5. The topological polar surface area (TPSA) is 72.2 Å². The van der Waals surface area contributed by atoms with Gasteiger partial charge in [-0.3, -0.25) is 14.9 Å². The fourth-order valence-electron chi connectivity index (χ4n) is 1.90. The van der Waals surface area contributed by atoms with E-state index in [1.165, 1.54) is 36.4 Å². The fourth-order valence-corrected chi connectivity index (χ4v) is 2.50. The molecule has 24 heavy (non-hydrogen) atoms. The van der Waals surface area contributed by atoms with Gasteiger partial charge in [-0.2, -0.15) is 8.78 Å². The van der Waals surface area contributed by atoms with E-state index in [2.05, 4.69) is 5.32 Å². The Kier molecular flexibility index (Phi) is 6.02. The number of carbonyl (C=O) groups excluding carboxylic acids is 1. The van der Waals surface area contributed by atoms with Crippen LogP contribution in [0, 0.1) is 10.1 Å². The maximum atomic E-state index is 12.5. The lowest BCUT2D eigenvalue weighted by molar-refractivity contribution is -0.385. The van der Waals surface area contributed by atoms with Crippen molar-refractivity contribution >= 4 is 35.1 Å². The average molecular weight is 350 g/mol. The molecule has 0 unspecified atom stereocenters. The van der Waals surface area contributed by atoms with E-state index >= 15 is 0 Å². The van der Waals surface area contributed by atoms with Gasteiger partial charge in [0.15, 0.2) is 0 Å². The summed E-state index contributed by atoms with van der Waals surface area (Å²) in [5.74, 6) is -3.18. The summed E-state index contributed by atoms with van der Waals surface area (Å²) in [5, 5.41) is 13.4. The number of halogens is 2. The quantitative estimate of drug-likeness (QED) is 0.359. The minimum atomic E-state index is -2.61. The first-order valence-electron chi connectivity index (χ1n) is 6.73. The minimum Gasteiger partial charge on any atom is -0.321 e. The first-order valence-corrected chi connectivity index (χ1v) is 7.61. The summed E-state index contributed by atoms with van der Waals surface area (Å²) < 4.78 is 25.0.